The predicted molar refractivity (Wildman–Crippen MR) is 178 cm³/mol. The number of aryl methyl sites for hydroxylation is 1. The number of pyridine rings is 1. The summed E-state index contributed by atoms with van der Waals surface area (Å²) in [7, 11) is 0. The summed E-state index contributed by atoms with van der Waals surface area (Å²) in [6.07, 6.45) is -2.93. The van der Waals surface area contributed by atoms with Crippen LogP contribution in [0.4, 0.5) is 37.0 Å². The second-order valence-corrected chi connectivity index (χ2v) is 15.4. The van der Waals surface area contributed by atoms with Crippen molar-refractivity contribution in [2.45, 2.75) is 95.4 Å². The number of rotatable bonds is 5. The lowest BCUT2D eigenvalue weighted by Crippen LogP contribution is -2.57. The number of alkyl halides is 4. The molecule has 0 spiro atoms. The van der Waals surface area contributed by atoms with Crippen molar-refractivity contribution in [1.29, 1.82) is 0 Å². The van der Waals surface area contributed by atoms with E-state index in [9.17, 15) is 22.4 Å². The molecule has 17 heteroatoms. The molecule has 0 saturated carbocycles. The summed E-state index contributed by atoms with van der Waals surface area (Å²) in [5, 5.41) is 6.22. The summed E-state index contributed by atoms with van der Waals surface area (Å²) in [6, 6.07) is 0.0661. The Bertz CT molecular complexity index is 2070. The molecule has 0 aliphatic carbocycles. The normalized spacial score (nSPS) is 25.1. The molecule has 0 unspecified atom stereocenters. The van der Waals surface area contributed by atoms with Crippen LogP contribution in [0, 0.1) is 18.6 Å². The van der Waals surface area contributed by atoms with Crippen molar-refractivity contribution in [3.63, 3.8) is 0 Å². The Morgan fingerprint density at radius 2 is 1.81 bits per heavy atom. The molecule has 0 radical (unpaired) electrons. The molecule has 1 N–H and O–H groups in total. The highest BCUT2D eigenvalue weighted by Crippen LogP contribution is 2.46. The van der Waals surface area contributed by atoms with E-state index in [0.717, 1.165) is 12.5 Å². The van der Waals surface area contributed by atoms with Gasteiger partial charge in [-0.3, -0.25) is 14.9 Å². The molecule has 8 rings (SSSR count). The quantitative estimate of drug-likeness (QED) is 0.224. The van der Waals surface area contributed by atoms with Gasteiger partial charge in [-0.25, -0.2) is 22.9 Å². The fourth-order valence-corrected chi connectivity index (χ4v) is 8.64. The van der Waals surface area contributed by atoms with Crippen molar-refractivity contribution < 1.29 is 40.6 Å². The molecule has 7 heterocycles. The van der Waals surface area contributed by atoms with Gasteiger partial charge in [-0.15, -0.1) is 0 Å². The monoisotopic (exact) mass is 732 g/mol. The van der Waals surface area contributed by atoms with Crippen molar-refractivity contribution in [3.05, 3.63) is 35.2 Å². The molecule has 52 heavy (non-hydrogen) atoms. The van der Waals surface area contributed by atoms with E-state index in [1.54, 1.807) is 30.6 Å². The van der Waals surface area contributed by atoms with Crippen LogP contribution in [0.25, 0.3) is 33.1 Å². The molecular weight excluding hydrogens is 694 g/mol. The van der Waals surface area contributed by atoms with Gasteiger partial charge in [0.05, 0.1) is 34.1 Å². The second kappa shape index (κ2) is 12.1. The largest absolute Gasteiger partial charge is 0.461 e. The van der Waals surface area contributed by atoms with Gasteiger partial charge >= 0.3 is 18.3 Å². The van der Waals surface area contributed by atoms with Crippen LogP contribution in [0.1, 0.15) is 64.1 Å². The van der Waals surface area contributed by atoms with Crippen molar-refractivity contribution in [3.8, 4) is 17.1 Å². The third kappa shape index (κ3) is 5.75. The van der Waals surface area contributed by atoms with Crippen LogP contribution in [0.3, 0.4) is 0 Å². The van der Waals surface area contributed by atoms with Crippen LogP contribution in [0.5, 0.6) is 6.01 Å². The molecule has 2 bridgehead atoms. The van der Waals surface area contributed by atoms with Gasteiger partial charge in [0.15, 0.2) is 11.5 Å². The minimum atomic E-state index is -5.02. The standard InChI is InChI=1S/C35H38F6N8O3/c1-17-24-25(22(35(39,40)41)12-42-29(24)46-45-17)26-23(37)10-21-28(27(26)38)43-31(51-16-34-8-5-9-48(34)13-18(36)11-34)44-30(21)47-14-19-6-7-20(15-47)49(19)32(50)52-33(2,3)4/h10,12,18-20H,5-9,11,13-16H2,1-4H3,(H,42,45,46)/t18-,19-,20+,34+/m1/s1. The van der Waals surface area contributed by atoms with Crippen molar-refractivity contribution in [1.82, 2.24) is 34.9 Å². The zero-order valence-electron chi connectivity index (χ0n) is 29.1. The number of carbonyl (C=O) groups excluding carboxylic acids is 1. The van der Waals surface area contributed by atoms with E-state index in [-0.39, 0.29) is 78.7 Å². The van der Waals surface area contributed by atoms with E-state index in [0.29, 0.717) is 32.0 Å². The molecule has 4 fully saturated rings. The average molecular weight is 733 g/mol. The molecule has 4 saturated heterocycles. The third-order valence-electron chi connectivity index (χ3n) is 10.8. The summed E-state index contributed by atoms with van der Waals surface area (Å²) < 4.78 is 103. The van der Waals surface area contributed by atoms with Gasteiger partial charge in [-0.1, -0.05) is 0 Å². The van der Waals surface area contributed by atoms with E-state index < -0.39 is 63.4 Å². The summed E-state index contributed by atoms with van der Waals surface area (Å²) in [5.74, 6) is -2.50. The molecule has 4 atom stereocenters. The van der Waals surface area contributed by atoms with Crippen molar-refractivity contribution in [2.75, 3.05) is 37.7 Å². The zero-order chi connectivity index (χ0) is 36.9. The number of carbonyl (C=O) groups is 1. The maximum absolute atomic E-state index is 17.0. The van der Waals surface area contributed by atoms with E-state index in [1.807, 2.05) is 4.90 Å². The lowest BCUT2D eigenvalue weighted by atomic mass is 9.94. The SMILES string of the molecule is Cc1[nH]nc2ncc(C(F)(F)F)c(-c3c(F)cc4c(N5C[C@H]6CC[C@@H](C5)N6C(=O)OC(C)(C)C)nc(OC[C@@]56CCCN5C[C@H](F)C6)nc4c3F)c12. The van der Waals surface area contributed by atoms with Crippen LogP contribution in [0.2, 0.25) is 0 Å². The second-order valence-electron chi connectivity index (χ2n) is 15.4. The number of benzene rings is 1. The number of nitrogens with zero attached hydrogens (tertiary/aromatic N) is 7. The molecule has 1 amide bonds. The van der Waals surface area contributed by atoms with Gasteiger partial charge < -0.3 is 14.4 Å². The Hall–Kier alpha value is -4.41. The molecule has 4 aromatic rings. The van der Waals surface area contributed by atoms with E-state index >= 15 is 8.78 Å². The molecular formula is C35H38F6N8O3. The summed E-state index contributed by atoms with van der Waals surface area (Å²) in [4.78, 5) is 31.5. The first-order valence-corrected chi connectivity index (χ1v) is 17.4. The number of amides is 1. The van der Waals surface area contributed by atoms with Crippen LogP contribution >= 0.6 is 0 Å². The average Bonchev–Trinajstić information content (AvgIpc) is 3.78. The minimum Gasteiger partial charge on any atom is -0.461 e. The Kier molecular flexibility index (Phi) is 8.04. The van der Waals surface area contributed by atoms with E-state index in [2.05, 4.69) is 25.1 Å². The summed E-state index contributed by atoms with van der Waals surface area (Å²) in [6.45, 7) is 8.23. The highest BCUT2D eigenvalue weighted by atomic mass is 19.4. The number of aromatic amines is 1. The van der Waals surface area contributed by atoms with Gasteiger partial charge in [0.1, 0.15) is 35.5 Å². The summed E-state index contributed by atoms with van der Waals surface area (Å²) >= 11 is 0. The van der Waals surface area contributed by atoms with Crippen LogP contribution in [0.15, 0.2) is 12.3 Å². The van der Waals surface area contributed by atoms with Gasteiger partial charge in [0.2, 0.25) is 0 Å². The maximum atomic E-state index is 17.0. The first-order valence-electron chi connectivity index (χ1n) is 17.4. The highest BCUT2D eigenvalue weighted by Gasteiger charge is 2.50. The summed E-state index contributed by atoms with van der Waals surface area (Å²) in [5.41, 5.74) is -4.83. The molecule has 1 aromatic carbocycles. The number of nitrogens with one attached hydrogen (secondary N) is 1. The van der Waals surface area contributed by atoms with Crippen molar-refractivity contribution >= 4 is 33.8 Å². The number of halogens is 6. The van der Waals surface area contributed by atoms with Crippen LogP contribution in [-0.2, 0) is 10.9 Å². The number of H-pyrrole nitrogens is 1. The smallest absolute Gasteiger partial charge is 0.418 e. The van der Waals surface area contributed by atoms with Gasteiger partial charge in [0, 0.05) is 48.9 Å². The lowest BCUT2D eigenvalue weighted by Gasteiger charge is -2.42. The Morgan fingerprint density at radius 1 is 1.08 bits per heavy atom. The molecule has 4 aliphatic rings. The lowest BCUT2D eigenvalue weighted by molar-refractivity contribution is -0.137. The van der Waals surface area contributed by atoms with Gasteiger partial charge in [-0.2, -0.15) is 28.2 Å². The molecule has 4 aliphatic heterocycles. The number of anilines is 1. The van der Waals surface area contributed by atoms with E-state index in [4.69, 9.17) is 9.47 Å². The van der Waals surface area contributed by atoms with Gasteiger partial charge in [0.25, 0.3) is 0 Å². The topological polar surface area (TPSA) is 113 Å². The number of aromatic nitrogens is 5. The highest BCUT2D eigenvalue weighted by molar-refractivity contribution is 6.01. The van der Waals surface area contributed by atoms with Gasteiger partial charge in [-0.05, 0) is 66.0 Å². The van der Waals surface area contributed by atoms with Crippen LogP contribution in [-0.4, -0.2) is 103 Å². The van der Waals surface area contributed by atoms with Crippen LogP contribution < -0.4 is 9.64 Å². The van der Waals surface area contributed by atoms with E-state index in [1.165, 1.54) is 6.92 Å². The first kappa shape index (κ1) is 34.7. The predicted octanol–water partition coefficient (Wildman–Crippen LogP) is 6.72. The zero-order valence-corrected chi connectivity index (χ0v) is 29.1. The molecule has 11 nitrogen and oxygen atoms in total. The Labute approximate surface area is 294 Å². The minimum absolute atomic E-state index is 0.00310. The first-order chi connectivity index (χ1) is 24.5. The fraction of sp³-hybridized carbons (Fsp3) is 0.571. The third-order valence-corrected chi connectivity index (χ3v) is 10.8. The number of ether oxygens (including phenoxy) is 2. The number of hydrogen-bond donors (Lipinski definition) is 1. The number of fused-ring (bicyclic) bond motifs is 5. The van der Waals surface area contributed by atoms with Crippen molar-refractivity contribution in [2.24, 2.45) is 0 Å². The number of hydrogen-bond acceptors (Lipinski definition) is 9. The fourth-order valence-electron chi connectivity index (χ4n) is 8.64. The number of piperazine rings is 1. The molecule has 278 valence electrons. The maximum Gasteiger partial charge on any atom is 0.418 e. The molecule has 3 aromatic heterocycles. The Morgan fingerprint density at radius 3 is 2.50 bits per heavy atom. The Balaban J connectivity index is 1.26.